The summed E-state index contributed by atoms with van der Waals surface area (Å²) in [5.74, 6) is 2.01. The third-order valence-electron chi connectivity index (χ3n) is 14.4. The Kier molecular flexibility index (Phi) is 6.80. The van der Waals surface area contributed by atoms with Gasteiger partial charge in [0.2, 0.25) is 6.79 Å². The number of aryl methyl sites for hydroxylation is 1. The molecule has 8 aliphatic heterocycles. The van der Waals surface area contributed by atoms with E-state index in [0.29, 0.717) is 60.9 Å². The number of H-pyrrole nitrogens is 1. The number of nitrogens with one attached hydrogen (secondary N) is 2. The Morgan fingerprint density at radius 1 is 1.10 bits per heavy atom. The molecule has 4 fully saturated rings. The van der Waals surface area contributed by atoms with Gasteiger partial charge in [-0.25, -0.2) is 4.79 Å². The molecule has 14 nitrogen and oxygen atoms in total. The number of aromatic nitrogens is 1. The first-order chi connectivity index (χ1) is 28.0. The molecule has 2 spiro atoms. The summed E-state index contributed by atoms with van der Waals surface area (Å²) >= 11 is 1.58. The Hall–Kier alpha value is -5.14. The number of thioether (sulfide) groups is 1. The first kappa shape index (κ1) is 34.9. The molecule has 4 unspecified atom stereocenters. The summed E-state index contributed by atoms with van der Waals surface area (Å²) in [6.07, 6.45) is 0.857. The number of hydrogen-bond acceptors (Lipinski definition) is 14. The van der Waals surface area contributed by atoms with Crippen molar-refractivity contribution in [2.24, 2.45) is 0 Å². The number of carbonyl (C=O) groups excluding carboxylic acids is 2. The second-order valence-corrected chi connectivity index (χ2v) is 18.2. The van der Waals surface area contributed by atoms with Crippen molar-refractivity contribution in [1.29, 1.82) is 5.26 Å². The number of aromatic amines is 1. The molecule has 9 aliphatic rings. The molecule has 0 radical (unpaired) electrons. The first-order valence-corrected chi connectivity index (χ1v) is 20.8. The quantitative estimate of drug-likeness (QED) is 0.188. The largest absolute Gasteiger partial charge is 0.504 e. The van der Waals surface area contributed by atoms with Gasteiger partial charge in [-0.15, -0.1) is 11.8 Å². The number of phenolic OH excluding ortho intramolecular Hbond substituents is 1. The Morgan fingerprint density at radius 2 is 1.93 bits per heavy atom. The molecule has 15 heteroatoms. The highest BCUT2D eigenvalue weighted by atomic mass is 32.2. The van der Waals surface area contributed by atoms with Crippen LogP contribution in [0.25, 0.3) is 10.9 Å². The lowest BCUT2D eigenvalue weighted by atomic mass is 9.72. The number of rotatable bonds is 3. The van der Waals surface area contributed by atoms with Gasteiger partial charge in [0.15, 0.2) is 28.5 Å². The summed E-state index contributed by atoms with van der Waals surface area (Å²) < 4.78 is 37.0. The summed E-state index contributed by atoms with van der Waals surface area (Å²) in [6, 6.07) is 9.82. The van der Waals surface area contributed by atoms with E-state index in [2.05, 4.69) is 32.2 Å². The number of nitrogens with zero attached hydrogens (tertiary/aromatic N) is 3. The summed E-state index contributed by atoms with van der Waals surface area (Å²) in [6.45, 7) is 6.13. The van der Waals surface area contributed by atoms with Gasteiger partial charge >= 0.3 is 11.9 Å². The van der Waals surface area contributed by atoms with E-state index >= 15 is 4.79 Å². The average molecular weight is 804 g/mol. The molecule has 1 saturated carbocycles. The van der Waals surface area contributed by atoms with E-state index in [1.807, 2.05) is 32.0 Å². The van der Waals surface area contributed by atoms with Crippen LogP contribution < -0.4 is 29.0 Å². The summed E-state index contributed by atoms with van der Waals surface area (Å²) in [5, 5.41) is 27.8. The van der Waals surface area contributed by atoms with Crippen LogP contribution in [0, 0.1) is 25.2 Å². The predicted molar refractivity (Wildman–Crippen MR) is 208 cm³/mol. The van der Waals surface area contributed by atoms with Gasteiger partial charge in [-0.2, -0.15) is 5.26 Å². The Bertz CT molecular complexity index is 2640. The number of ether oxygens (including phenoxy) is 6. The maximum atomic E-state index is 15.2. The zero-order valence-corrected chi connectivity index (χ0v) is 33.4. The van der Waals surface area contributed by atoms with Crippen molar-refractivity contribution in [3.05, 3.63) is 68.9 Å². The molecule has 4 aromatic rings. The van der Waals surface area contributed by atoms with E-state index in [1.54, 1.807) is 26.0 Å². The molecule has 4 bridgehead atoms. The fourth-order valence-corrected chi connectivity index (χ4v) is 13.9. The van der Waals surface area contributed by atoms with Gasteiger partial charge in [0.1, 0.15) is 23.1 Å². The van der Waals surface area contributed by atoms with Crippen LogP contribution in [-0.2, 0) is 31.8 Å². The molecule has 13 rings (SSSR count). The lowest BCUT2D eigenvalue weighted by Crippen LogP contribution is -2.69. The predicted octanol–water partition coefficient (Wildman–Crippen LogP) is 4.96. The van der Waals surface area contributed by atoms with Crippen molar-refractivity contribution in [1.82, 2.24) is 20.1 Å². The molecule has 3 saturated heterocycles. The first-order valence-electron chi connectivity index (χ1n) is 19.8. The zero-order chi connectivity index (χ0) is 39.8. The van der Waals surface area contributed by atoms with Crippen LogP contribution in [0.5, 0.6) is 34.5 Å². The molecule has 8 atom stereocenters. The van der Waals surface area contributed by atoms with Crippen molar-refractivity contribution in [2.45, 2.75) is 86.1 Å². The van der Waals surface area contributed by atoms with Crippen molar-refractivity contribution in [3.8, 4) is 40.6 Å². The molecule has 58 heavy (non-hydrogen) atoms. The van der Waals surface area contributed by atoms with E-state index in [0.717, 1.165) is 55.7 Å². The highest BCUT2D eigenvalue weighted by molar-refractivity contribution is 7.99. The minimum atomic E-state index is -1.27. The van der Waals surface area contributed by atoms with Gasteiger partial charge in [-0.3, -0.25) is 19.9 Å². The Morgan fingerprint density at radius 3 is 2.71 bits per heavy atom. The van der Waals surface area contributed by atoms with Crippen LogP contribution in [0.1, 0.15) is 81.7 Å². The van der Waals surface area contributed by atoms with E-state index in [-0.39, 0.29) is 30.4 Å². The number of carbonyl (C=O) groups is 2. The van der Waals surface area contributed by atoms with Crippen molar-refractivity contribution in [2.75, 3.05) is 39.9 Å². The maximum absolute atomic E-state index is 15.2. The van der Waals surface area contributed by atoms with Crippen molar-refractivity contribution in [3.63, 3.8) is 0 Å². The maximum Gasteiger partial charge on any atom is 0.333 e. The second kappa shape index (κ2) is 11.3. The van der Waals surface area contributed by atoms with E-state index in [1.165, 1.54) is 6.92 Å². The van der Waals surface area contributed by atoms with Gasteiger partial charge in [0.25, 0.3) is 0 Å². The van der Waals surface area contributed by atoms with Crippen LogP contribution in [0.3, 0.4) is 0 Å². The Balaban J connectivity index is 1.15. The topological polar surface area (TPSA) is 168 Å². The molecule has 0 amide bonds. The van der Waals surface area contributed by atoms with Crippen LogP contribution >= 0.6 is 11.8 Å². The van der Waals surface area contributed by atoms with Gasteiger partial charge in [-0.05, 0) is 55.2 Å². The third kappa shape index (κ3) is 3.95. The average Bonchev–Trinajstić information content (AvgIpc) is 3.61. The van der Waals surface area contributed by atoms with E-state index in [4.69, 9.17) is 28.4 Å². The number of nitriles is 1. The van der Waals surface area contributed by atoms with Crippen LogP contribution in [0.4, 0.5) is 0 Å². The normalized spacial score (nSPS) is 33.1. The zero-order valence-electron chi connectivity index (χ0n) is 32.6. The number of piperazine rings is 1. The van der Waals surface area contributed by atoms with Gasteiger partial charge in [0, 0.05) is 83.8 Å². The Labute approximate surface area is 337 Å². The summed E-state index contributed by atoms with van der Waals surface area (Å²) in [7, 11) is 3.21. The molecule has 9 heterocycles. The minimum absolute atomic E-state index is 0.0306. The highest BCUT2D eigenvalue weighted by Gasteiger charge is 2.79. The number of fused-ring (bicyclic) bond motifs is 10. The molecular formula is C43H41N5O9S. The van der Waals surface area contributed by atoms with Crippen LogP contribution in [-0.4, -0.2) is 89.4 Å². The smallest absolute Gasteiger partial charge is 0.333 e. The van der Waals surface area contributed by atoms with Crippen molar-refractivity contribution < 1.29 is 43.1 Å². The molecule has 298 valence electrons. The highest BCUT2D eigenvalue weighted by Crippen LogP contribution is 2.75. The summed E-state index contributed by atoms with van der Waals surface area (Å²) in [4.78, 5) is 36.7. The lowest BCUT2D eigenvalue weighted by molar-refractivity contribution is -0.157. The molecular weight excluding hydrogens is 763 g/mol. The van der Waals surface area contributed by atoms with Gasteiger partial charge in [0.05, 0.1) is 42.8 Å². The van der Waals surface area contributed by atoms with Crippen molar-refractivity contribution >= 4 is 34.6 Å². The second-order valence-electron chi connectivity index (χ2n) is 17.0. The monoisotopic (exact) mass is 803 g/mol. The molecule has 3 N–H and O–H groups in total. The third-order valence-corrected chi connectivity index (χ3v) is 15.9. The number of aromatic hydroxyl groups is 1. The molecule has 1 aliphatic carbocycles. The SMILES string of the molecule is COc1ccc2[nH]c3c(c2c1)CCN[C@]31CS[C@@H]2c3c(OC(C)=O)c(C)c4c(c3[C@]3(CC3OC1=O)N1C2C2c3c(cc(C)c(OC)c3O)C3C[C@]1(C#N)CN32)OCO4. The number of hydrogen-bond donors (Lipinski definition) is 3. The number of esters is 2. The standard InChI is InChI=1S/C43H41N5O9S/c1-18-10-24-26-12-41(14-44)15-47(26)31(28(24)33(50)34(18)53-5)32-38-29-30(37-36(54-17-55-37)19(2)35(29)56-20(3)49)43(48(32)41)13-27(43)57-40(51)42(16-58-38)39-22(8-9-45-42)23-11-21(52-4)6-7-25(23)46-39/h6-7,10-11,26-27,31-32,38,45-46,50H,8-9,12-13,15-17H2,1-5H3/t26?,27?,31?,32?,38-,41+,42-,43-/m1/s1. The van der Waals surface area contributed by atoms with Gasteiger partial charge < -0.3 is 38.5 Å². The number of benzene rings is 3. The van der Waals surface area contributed by atoms with E-state index < -0.39 is 46.0 Å². The lowest BCUT2D eigenvalue weighted by Gasteiger charge is -2.59. The minimum Gasteiger partial charge on any atom is -0.504 e. The molecule has 1 aromatic heterocycles. The molecule has 3 aromatic carbocycles. The van der Waals surface area contributed by atoms with Crippen LogP contribution in [0.2, 0.25) is 0 Å². The fraction of sp³-hybridized carbons (Fsp3) is 0.465. The number of phenols is 1. The number of methoxy groups -OCH3 is 2. The fourth-order valence-electron chi connectivity index (χ4n) is 12.3. The van der Waals surface area contributed by atoms with Crippen LogP contribution in [0.15, 0.2) is 24.3 Å². The van der Waals surface area contributed by atoms with Gasteiger partial charge in [-0.1, -0.05) is 6.07 Å². The summed E-state index contributed by atoms with van der Waals surface area (Å²) in [5.41, 5.74) is 4.13. The van der Waals surface area contributed by atoms with E-state index in [9.17, 15) is 15.2 Å².